The highest BCUT2D eigenvalue weighted by molar-refractivity contribution is 7.99. The quantitative estimate of drug-likeness (QED) is 0.817. The molecular weight excluding hydrogens is 326 g/mol. The molecule has 2 N–H and O–H groups in total. The van der Waals surface area contributed by atoms with E-state index in [1.807, 2.05) is 4.40 Å². The van der Waals surface area contributed by atoms with Crippen molar-refractivity contribution in [3.8, 4) is 0 Å². The fraction of sp³-hybridized carbons (Fsp3) is 0.625. The molecular formula is C16H21N5O2S. The van der Waals surface area contributed by atoms with Crippen molar-refractivity contribution in [3.63, 3.8) is 0 Å². The molecule has 2 heterocycles. The lowest BCUT2D eigenvalue weighted by atomic mass is 9.97. The van der Waals surface area contributed by atoms with Gasteiger partial charge in [0.25, 0.3) is 5.56 Å². The molecule has 7 nitrogen and oxygen atoms in total. The summed E-state index contributed by atoms with van der Waals surface area (Å²) in [5.41, 5.74) is 1.79. The van der Waals surface area contributed by atoms with Crippen LogP contribution in [-0.2, 0) is 17.6 Å². The Hall–Kier alpha value is -1.83. The number of aromatic nitrogens is 4. The third-order valence-corrected chi connectivity index (χ3v) is 5.82. The molecule has 2 aliphatic carbocycles. The van der Waals surface area contributed by atoms with Crippen LogP contribution in [0, 0.1) is 0 Å². The largest absolute Gasteiger partial charge is 0.353 e. The second-order valence-corrected chi connectivity index (χ2v) is 7.51. The Morgan fingerprint density at radius 1 is 1.21 bits per heavy atom. The van der Waals surface area contributed by atoms with E-state index in [2.05, 4.69) is 20.5 Å². The monoisotopic (exact) mass is 347 g/mol. The number of nitrogens with one attached hydrogen (secondary N) is 2. The van der Waals surface area contributed by atoms with Crippen LogP contribution in [0.2, 0.25) is 0 Å². The summed E-state index contributed by atoms with van der Waals surface area (Å²) in [6.07, 6.45) is 8.32. The van der Waals surface area contributed by atoms with Gasteiger partial charge in [-0.05, 0) is 38.5 Å². The van der Waals surface area contributed by atoms with Gasteiger partial charge in [0.15, 0.2) is 5.16 Å². The number of carbonyl (C=O) groups is 1. The Labute approximate surface area is 143 Å². The zero-order valence-corrected chi connectivity index (χ0v) is 14.3. The molecule has 0 unspecified atom stereocenters. The van der Waals surface area contributed by atoms with E-state index in [1.165, 1.54) is 24.6 Å². The average Bonchev–Trinajstić information content (AvgIpc) is 3.23. The highest BCUT2D eigenvalue weighted by Gasteiger charge is 2.21. The lowest BCUT2D eigenvalue weighted by molar-refractivity contribution is -0.119. The number of thioether (sulfide) groups is 1. The van der Waals surface area contributed by atoms with Gasteiger partial charge in [-0.25, -0.2) is 0 Å². The first-order valence-electron chi connectivity index (χ1n) is 8.63. The van der Waals surface area contributed by atoms with Crippen molar-refractivity contribution in [1.82, 2.24) is 24.9 Å². The number of nitrogens with zero attached hydrogens (tertiary/aromatic N) is 3. The molecule has 24 heavy (non-hydrogen) atoms. The van der Waals surface area contributed by atoms with Crippen LogP contribution < -0.4 is 10.9 Å². The summed E-state index contributed by atoms with van der Waals surface area (Å²) in [5.74, 6) is 0.840. The maximum atomic E-state index is 12.1. The number of amides is 1. The molecule has 0 saturated heterocycles. The Bertz CT molecular complexity index is 822. The van der Waals surface area contributed by atoms with Crippen LogP contribution in [0.4, 0.5) is 0 Å². The number of fused-ring (bicyclic) bond motifs is 3. The molecule has 4 rings (SSSR count). The first-order chi connectivity index (χ1) is 11.7. The molecule has 0 radical (unpaired) electrons. The van der Waals surface area contributed by atoms with Crippen molar-refractivity contribution in [2.24, 2.45) is 0 Å². The van der Waals surface area contributed by atoms with E-state index in [0.717, 1.165) is 49.8 Å². The van der Waals surface area contributed by atoms with Gasteiger partial charge in [0.1, 0.15) is 0 Å². The molecule has 0 spiro atoms. The van der Waals surface area contributed by atoms with Gasteiger partial charge in [-0.3, -0.25) is 19.0 Å². The van der Waals surface area contributed by atoms with E-state index in [9.17, 15) is 9.59 Å². The van der Waals surface area contributed by atoms with Gasteiger partial charge in [-0.1, -0.05) is 24.6 Å². The maximum Gasteiger partial charge on any atom is 0.255 e. The van der Waals surface area contributed by atoms with Crippen molar-refractivity contribution >= 4 is 23.4 Å². The molecule has 2 aliphatic rings. The number of aryl methyl sites for hydroxylation is 1. The normalized spacial score (nSPS) is 18.0. The minimum atomic E-state index is -0.0554. The summed E-state index contributed by atoms with van der Waals surface area (Å²) in [4.78, 5) is 27.1. The highest BCUT2D eigenvalue weighted by Crippen LogP contribution is 2.24. The van der Waals surface area contributed by atoms with E-state index in [1.54, 1.807) is 0 Å². The molecule has 0 atom stereocenters. The number of aromatic amines is 1. The van der Waals surface area contributed by atoms with Crippen molar-refractivity contribution in [2.75, 3.05) is 5.75 Å². The van der Waals surface area contributed by atoms with Gasteiger partial charge in [-0.15, -0.1) is 10.2 Å². The fourth-order valence-electron chi connectivity index (χ4n) is 3.72. The summed E-state index contributed by atoms with van der Waals surface area (Å²) in [6.45, 7) is 0. The average molecular weight is 347 g/mol. The predicted molar refractivity (Wildman–Crippen MR) is 91.4 cm³/mol. The summed E-state index contributed by atoms with van der Waals surface area (Å²) in [7, 11) is 0. The second-order valence-electron chi connectivity index (χ2n) is 6.57. The third kappa shape index (κ3) is 2.94. The molecule has 1 amide bonds. The molecule has 0 bridgehead atoms. The molecule has 1 fully saturated rings. The standard InChI is InChI=1S/C16H21N5O2S/c22-13(17-10-5-1-2-6-10)9-24-16-20-19-15-18-14(23)11-7-3-4-8-12(11)21(15)16/h10H,1-9H2,(H,17,22)(H,18,19,23). The van der Waals surface area contributed by atoms with Crippen molar-refractivity contribution in [2.45, 2.75) is 62.6 Å². The van der Waals surface area contributed by atoms with Crippen LogP contribution in [0.1, 0.15) is 49.8 Å². The summed E-state index contributed by atoms with van der Waals surface area (Å²) >= 11 is 1.38. The van der Waals surface area contributed by atoms with Gasteiger partial charge >= 0.3 is 0 Å². The zero-order valence-electron chi connectivity index (χ0n) is 13.5. The van der Waals surface area contributed by atoms with Crippen LogP contribution in [0.3, 0.4) is 0 Å². The number of rotatable bonds is 4. The molecule has 0 aliphatic heterocycles. The molecule has 1 saturated carbocycles. The minimum Gasteiger partial charge on any atom is -0.353 e. The van der Waals surface area contributed by atoms with Crippen LogP contribution in [0.15, 0.2) is 9.95 Å². The zero-order chi connectivity index (χ0) is 16.5. The van der Waals surface area contributed by atoms with Gasteiger partial charge in [0.05, 0.1) is 5.75 Å². The lowest BCUT2D eigenvalue weighted by Crippen LogP contribution is -2.33. The number of H-pyrrole nitrogens is 1. The van der Waals surface area contributed by atoms with E-state index in [-0.39, 0.29) is 11.5 Å². The summed E-state index contributed by atoms with van der Waals surface area (Å²) in [6, 6.07) is 0.331. The molecule has 128 valence electrons. The number of hydrogen-bond acceptors (Lipinski definition) is 5. The topological polar surface area (TPSA) is 92.2 Å². The van der Waals surface area contributed by atoms with E-state index >= 15 is 0 Å². The SMILES string of the molecule is O=C(CSc1nnc2[nH]c(=O)c3c(n12)CCCC3)NC1CCCC1. The van der Waals surface area contributed by atoms with Crippen molar-refractivity contribution in [1.29, 1.82) is 0 Å². The van der Waals surface area contributed by atoms with Gasteiger partial charge in [-0.2, -0.15) is 0 Å². The predicted octanol–water partition coefficient (Wildman–Crippen LogP) is 1.45. The summed E-state index contributed by atoms with van der Waals surface area (Å²) in [5, 5.41) is 12.0. The molecule has 0 aromatic carbocycles. The summed E-state index contributed by atoms with van der Waals surface area (Å²) < 4.78 is 1.92. The van der Waals surface area contributed by atoms with E-state index in [0.29, 0.717) is 22.7 Å². The Kier molecular flexibility index (Phi) is 4.30. The third-order valence-electron chi connectivity index (χ3n) is 4.89. The van der Waals surface area contributed by atoms with Crippen LogP contribution in [-0.4, -0.2) is 37.3 Å². The first kappa shape index (κ1) is 15.7. The molecule has 2 aromatic heterocycles. The highest BCUT2D eigenvalue weighted by atomic mass is 32.2. The van der Waals surface area contributed by atoms with Gasteiger partial charge in [0, 0.05) is 17.3 Å². The Morgan fingerprint density at radius 3 is 2.83 bits per heavy atom. The van der Waals surface area contributed by atoms with Gasteiger partial charge < -0.3 is 5.32 Å². The number of hydrogen-bond donors (Lipinski definition) is 2. The minimum absolute atomic E-state index is 0.0435. The first-order valence-corrected chi connectivity index (χ1v) is 9.62. The Balaban J connectivity index is 1.54. The number of carbonyl (C=O) groups excluding carboxylic acids is 1. The Morgan fingerprint density at radius 2 is 2.00 bits per heavy atom. The smallest absolute Gasteiger partial charge is 0.255 e. The van der Waals surface area contributed by atoms with Gasteiger partial charge in [0.2, 0.25) is 11.7 Å². The second kappa shape index (κ2) is 6.58. The fourth-order valence-corrected chi connectivity index (χ4v) is 4.48. The van der Waals surface area contributed by atoms with Crippen LogP contribution >= 0.6 is 11.8 Å². The molecule has 8 heteroatoms. The lowest BCUT2D eigenvalue weighted by Gasteiger charge is -2.16. The van der Waals surface area contributed by atoms with Crippen LogP contribution in [0.5, 0.6) is 0 Å². The van der Waals surface area contributed by atoms with Crippen molar-refractivity contribution < 1.29 is 4.79 Å². The van der Waals surface area contributed by atoms with Crippen molar-refractivity contribution in [3.05, 3.63) is 21.6 Å². The molecule has 2 aromatic rings. The maximum absolute atomic E-state index is 12.1. The van der Waals surface area contributed by atoms with E-state index in [4.69, 9.17) is 0 Å². The van der Waals surface area contributed by atoms with Crippen LogP contribution in [0.25, 0.3) is 5.78 Å². The van der Waals surface area contributed by atoms with E-state index < -0.39 is 0 Å².